The highest BCUT2D eigenvalue weighted by Gasteiger charge is 2.13. The zero-order chi connectivity index (χ0) is 18.6. The minimum absolute atomic E-state index is 0. The van der Waals surface area contributed by atoms with Crippen molar-refractivity contribution in [2.75, 3.05) is 17.2 Å². The molecular weight excluding hydrogens is 393 g/mol. The lowest BCUT2D eigenvalue weighted by Crippen LogP contribution is -2.26. The third-order valence-corrected chi connectivity index (χ3v) is 4.09. The SMILES string of the molecule is CC(C)n1ccnc1NC(=NCC(C)(C)C)Nc1ccc(Cl)c(Cl)c1.Cl. The molecule has 0 radical (unpaired) electrons. The van der Waals surface area contributed by atoms with E-state index in [0.29, 0.717) is 28.6 Å². The standard InChI is InChI=1S/C18H25Cl2N5.ClH/c1-12(2)25-9-8-21-17(25)24-16(22-11-18(3,4)5)23-13-6-7-14(19)15(20)10-13;/h6-10,12H,11H2,1-5H3,(H2,21,22,23,24);1H. The summed E-state index contributed by atoms with van der Waals surface area (Å²) in [5.41, 5.74) is 0.872. The molecule has 1 aromatic carbocycles. The average Bonchev–Trinajstić information content (AvgIpc) is 2.96. The average molecular weight is 419 g/mol. The number of aliphatic imine (C=N–C) groups is 1. The maximum absolute atomic E-state index is 6.11. The van der Waals surface area contributed by atoms with Crippen LogP contribution in [-0.4, -0.2) is 22.1 Å². The van der Waals surface area contributed by atoms with Gasteiger partial charge in [0.15, 0.2) is 0 Å². The Morgan fingerprint density at radius 2 is 1.88 bits per heavy atom. The molecule has 0 aliphatic carbocycles. The number of anilines is 2. The van der Waals surface area contributed by atoms with Crippen molar-refractivity contribution in [2.45, 2.75) is 40.7 Å². The Morgan fingerprint density at radius 3 is 2.46 bits per heavy atom. The summed E-state index contributed by atoms with van der Waals surface area (Å²) in [5, 5.41) is 7.55. The number of imidazole rings is 1. The molecule has 8 heteroatoms. The van der Waals surface area contributed by atoms with Gasteiger partial charge in [-0.25, -0.2) is 4.98 Å². The quantitative estimate of drug-likeness (QED) is 0.464. The van der Waals surface area contributed by atoms with Gasteiger partial charge in [-0.2, -0.15) is 0 Å². The molecule has 0 bridgehead atoms. The fraction of sp³-hybridized carbons (Fsp3) is 0.444. The number of nitrogens with zero attached hydrogens (tertiary/aromatic N) is 3. The highest BCUT2D eigenvalue weighted by atomic mass is 35.5. The van der Waals surface area contributed by atoms with Crippen LogP contribution in [0.25, 0.3) is 0 Å². The van der Waals surface area contributed by atoms with E-state index in [1.54, 1.807) is 18.3 Å². The molecule has 0 amide bonds. The second-order valence-corrected chi connectivity index (χ2v) is 8.17. The third-order valence-electron chi connectivity index (χ3n) is 3.35. The van der Waals surface area contributed by atoms with Crippen LogP contribution in [0, 0.1) is 5.41 Å². The minimum Gasteiger partial charge on any atom is -0.326 e. The summed E-state index contributed by atoms with van der Waals surface area (Å²) in [4.78, 5) is 9.06. The van der Waals surface area contributed by atoms with Gasteiger partial charge in [0.05, 0.1) is 10.0 Å². The van der Waals surface area contributed by atoms with Crippen LogP contribution in [0.4, 0.5) is 11.6 Å². The van der Waals surface area contributed by atoms with E-state index in [2.05, 4.69) is 55.2 Å². The van der Waals surface area contributed by atoms with Crippen molar-refractivity contribution < 1.29 is 0 Å². The van der Waals surface area contributed by atoms with Crippen molar-refractivity contribution in [3.8, 4) is 0 Å². The van der Waals surface area contributed by atoms with Crippen LogP contribution >= 0.6 is 35.6 Å². The first-order valence-electron chi connectivity index (χ1n) is 8.22. The second-order valence-electron chi connectivity index (χ2n) is 7.36. The van der Waals surface area contributed by atoms with Crippen molar-refractivity contribution >= 4 is 53.2 Å². The summed E-state index contributed by atoms with van der Waals surface area (Å²) < 4.78 is 2.04. The Balaban J connectivity index is 0.00000338. The van der Waals surface area contributed by atoms with Crippen molar-refractivity contribution in [3.63, 3.8) is 0 Å². The van der Waals surface area contributed by atoms with E-state index >= 15 is 0 Å². The summed E-state index contributed by atoms with van der Waals surface area (Å²) in [6.07, 6.45) is 3.70. The summed E-state index contributed by atoms with van der Waals surface area (Å²) >= 11 is 12.1. The highest BCUT2D eigenvalue weighted by molar-refractivity contribution is 6.42. The van der Waals surface area contributed by atoms with Gasteiger partial charge in [-0.3, -0.25) is 10.3 Å². The molecule has 144 valence electrons. The summed E-state index contributed by atoms with van der Waals surface area (Å²) in [6.45, 7) is 11.3. The molecule has 2 rings (SSSR count). The van der Waals surface area contributed by atoms with Gasteiger partial charge in [0.25, 0.3) is 0 Å². The normalized spacial score (nSPS) is 12.1. The maximum Gasteiger partial charge on any atom is 0.209 e. The van der Waals surface area contributed by atoms with Crippen LogP contribution in [0.5, 0.6) is 0 Å². The van der Waals surface area contributed by atoms with Crippen LogP contribution in [-0.2, 0) is 0 Å². The minimum atomic E-state index is 0. The lowest BCUT2D eigenvalue weighted by atomic mass is 9.97. The molecule has 0 fully saturated rings. The van der Waals surface area contributed by atoms with Crippen molar-refractivity contribution in [1.29, 1.82) is 0 Å². The number of nitrogens with one attached hydrogen (secondary N) is 2. The molecule has 0 atom stereocenters. The van der Waals surface area contributed by atoms with Crippen LogP contribution in [0.1, 0.15) is 40.7 Å². The Kier molecular flexibility index (Phi) is 8.25. The second kappa shape index (κ2) is 9.49. The number of rotatable bonds is 4. The topological polar surface area (TPSA) is 54.2 Å². The number of guanidine groups is 1. The van der Waals surface area contributed by atoms with Crippen molar-refractivity contribution in [1.82, 2.24) is 9.55 Å². The predicted octanol–water partition coefficient (Wildman–Crippen LogP) is 6.12. The van der Waals surface area contributed by atoms with Crippen molar-refractivity contribution in [3.05, 3.63) is 40.6 Å². The van der Waals surface area contributed by atoms with E-state index in [9.17, 15) is 0 Å². The first kappa shape index (κ1) is 22.6. The monoisotopic (exact) mass is 417 g/mol. The number of hydrogen-bond acceptors (Lipinski definition) is 2. The summed E-state index contributed by atoms with van der Waals surface area (Å²) in [7, 11) is 0. The van der Waals surface area contributed by atoms with E-state index in [1.807, 2.05) is 16.8 Å². The zero-order valence-corrected chi connectivity index (χ0v) is 18.0. The van der Waals surface area contributed by atoms with E-state index < -0.39 is 0 Å². The predicted molar refractivity (Wildman–Crippen MR) is 115 cm³/mol. The van der Waals surface area contributed by atoms with Gasteiger partial charge in [-0.15, -0.1) is 12.4 Å². The molecule has 1 aromatic heterocycles. The molecule has 0 aliphatic heterocycles. The van der Waals surface area contributed by atoms with Gasteiger partial charge in [0.2, 0.25) is 11.9 Å². The van der Waals surface area contributed by atoms with Gasteiger partial charge >= 0.3 is 0 Å². The van der Waals surface area contributed by atoms with E-state index in [-0.39, 0.29) is 17.8 Å². The molecule has 0 unspecified atom stereocenters. The molecular formula is C18H26Cl3N5. The van der Waals surface area contributed by atoms with E-state index in [4.69, 9.17) is 23.2 Å². The lowest BCUT2D eigenvalue weighted by Gasteiger charge is -2.19. The van der Waals surface area contributed by atoms with E-state index in [0.717, 1.165) is 11.6 Å². The van der Waals surface area contributed by atoms with Crippen LogP contribution in [0.3, 0.4) is 0 Å². The summed E-state index contributed by atoms with van der Waals surface area (Å²) in [6, 6.07) is 5.67. The lowest BCUT2D eigenvalue weighted by molar-refractivity contribution is 0.429. The number of halogens is 3. The zero-order valence-electron chi connectivity index (χ0n) is 15.7. The number of hydrogen-bond donors (Lipinski definition) is 2. The molecule has 0 saturated carbocycles. The summed E-state index contributed by atoms with van der Waals surface area (Å²) in [5.74, 6) is 1.34. The van der Waals surface area contributed by atoms with Crippen LogP contribution in [0.15, 0.2) is 35.6 Å². The third kappa shape index (κ3) is 6.71. The Morgan fingerprint density at radius 1 is 1.19 bits per heavy atom. The molecule has 2 aromatic rings. The first-order valence-corrected chi connectivity index (χ1v) is 8.98. The van der Waals surface area contributed by atoms with Crippen molar-refractivity contribution in [2.24, 2.45) is 10.4 Å². The largest absolute Gasteiger partial charge is 0.326 e. The van der Waals surface area contributed by atoms with Crippen LogP contribution < -0.4 is 10.6 Å². The molecule has 0 saturated heterocycles. The maximum atomic E-state index is 6.11. The fourth-order valence-electron chi connectivity index (χ4n) is 2.07. The van der Waals surface area contributed by atoms with Gasteiger partial charge in [0, 0.05) is 30.7 Å². The number of benzene rings is 1. The Hall–Kier alpha value is -1.43. The molecule has 1 heterocycles. The molecule has 2 N–H and O–H groups in total. The highest BCUT2D eigenvalue weighted by Crippen LogP contribution is 2.25. The molecule has 26 heavy (non-hydrogen) atoms. The fourth-order valence-corrected chi connectivity index (χ4v) is 2.37. The van der Waals surface area contributed by atoms with Gasteiger partial charge < -0.3 is 9.88 Å². The Labute approximate surface area is 171 Å². The van der Waals surface area contributed by atoms with E-state index in [1.165, 1.54) is 0 Å². The first-order chi connectivity index (χ1) is 11.7. The molecule has 5 nitrogen and oxygen atoms in total. The van der Waals surface area contributed by atoms with Gasteiger partial charge in [-0.05, 0) is 37.5 Å². The molecule has 0 aliphatic rings. The molecule has 0 spiro atoms. The smallest absolute Gasteiger partial charge is 0.209 e. The van der Waals surface area contributed by atoms with Gasteiger partial charge in [-0.1, -0.05) is 44.0 Å². The van der Waals surface area contributed by atoms with Gasteiger partial charge in [0.1, 0.15) is 0 Å². The van der Waals surface area contributed by atoms with Crippen LogP contribution in [0.2, 0.25) is 10.0 Å². The number of aromatic nitrogens is 2. The Bertz CT molecular complexity index is 748.